The Bertz CT molecular complexity index is 428. The van der Waals surface area contributed by atoms with Crippen LogP contribution in [0.5, 0.6) is 0 Å². The Kier molecular flexibility index (Phi) is 4.68. The van der Waals surface area contributed by atoms with Crippen molar-refractivity contribution in [3.63, 3.8) is 0 Å². The van der Waals surface area contributed by atoms with Gasteiger partial charge in [-0.05, 0) is 19.3 Å². The molecule has 6 nitrogen and oxygen atoms in total. The van der Waals surface area contributed by atoms with Gasteiger partial charge in [0.15, 0.2) is 0 Å². The van der Waals surface area contributed by atoms with Gasteiger partial charge in [-0.25, -0.2) is 0 Å². The first kappa shape index (κ1) is 15.7. The second-order valence-corrected chi connectivity index (χ2v) is 6.79. The molecule has 1 saturated carbocycles. The molecule has 0 spiro atoms. The Balaban J connectivity index is 1.47. The first-order chi connectivity index (χ1) is 10.6. The Morgan fingerprint density at radius 3 is 2.14 bits per heavy atom. The fourth-order valence-electron chi connectivity index (χ4n) is 3.43. The summed E-state index contributed by atoms with van der Waals surface area (Å²) in [4.78, 5) is 30.9. The summed E-state index contributed by atoms with van der Waals surface area (Å²) in [7, 11) is 0. The van der Waals surface area contributed by atoms with Crippen molar-refractivity contribution in [2.45, 2.75) is 26.3 Å². The molecule has 0 bridgehead atoms. The van der Waals surface area contributed by atoms with E-state index in [-0.39, 0.29) is 17.9 Å². The summed E-state index contributed by atoms with van der Waals surface area (Å²) in [6, 6.07) is -0.102. The third kappa shape index (κ3) is 3.27. The van der Waals surface area contributed by atoms with E-state index in [0.29, 0.717) is 38.1 Å². The number of morpholine rings is 1. The number of hydrogen-bond acceptors (Lipinski definition) is 4. The zero-order valence-corrected chi connectivity index (χ0v) is 13.7. The van der Waals surface area contributed by atoms with Crippen molar-refractivity contribution >= 4 is 11.8 Å². The molecule has 3 aliphatic rings. The molecule has 0 radical (unpaired) electrons. The highest BCUT2D eigenvalue weighted by molar-refractivity contribution is 5.82. The van der Waals surface area contributed by atoms with Crippen LogP contribution in [0.25, 0.3) is 0 Å². The van der Waals surface area contributed by atoms with Crippen LogP contribution in [0.3, 0.4) is 0 Å². The minimum Gasteiger partial charge on any atom is -0.378 e. The normalized spacial score (nSPS) is 31.0. The van der Waals surface area contributed by atoms with E-state index >= 15 is 0 Å². The maximum Gasteiger partial charge on any atom is 0.239 e. The molecule has 2 amide bonds. The summed E-state index contributed by atoms with van der Waals surface area (Å²) in [5.74, 6) is 1.34. The first-order valence-corrected chi connectivity index (χ1v) is 8.47. The Morgan fingerprint density at radius 1 is 1.00 bits per heavy atom. The van der Waals surface area contributed by atoms with E-state index < -0.39 is 0 Å². The molecule has 22 heavy (non-hydrogen) atoms. The molecular formula is C16H27N3O3. The zero-order valence-electron chi connectivity index (χ0n) is 13.7. The standard InChI is InChI=1S/C16H27N3O3/c1-12-11-14(12)16(21)18-5-3-17(4-6-18)13(2)15(20)19-7-9-22-10-8-19/h12-14H,3-11H2,1-2H3/t12-,13+,14-/m1/s1. The summed E-state index contributed by atoms with van der Waals surface area (Å²) in [6.45, 7) is 9.89. The van der Waals surface area contributed by atoms with Gasteiger partial charge in [-0.2, -0.15) is 0 Å². The minimum atomic E-state index is -0.102. The second-order valence-electron chi connectivity index (χ2n) is 6.79. The molecule has 2 saturated heterocycles. The van der Waals surface area contributed by atoms with Crippen LogP contribution in [-0.4, -0.2) is 85.0 Å². The van der Waals surface area contributed by atoms with Gasteiger partial charge in [0.2, 0.25) is 11.8 Å². The second kappa shape index (κ2) is 6.54. The van der Waals surface area contributed by atoms with Crippen molar-refractivity contribution in [3.8, 4) is 0 Å². The van der Waals surface area contributed by atoms with Gasteiger partial charge in [0, 0.05) is 45.2 Å². The lowest BCUT2D eigenvalue weighted by Crippen LogP contribution is -2.56. The Morgan fingerprint density at radius 2 is 1.59 bits per heavy atom. The summed E-state index contributed by atoms with van der Waals surface area (Å²) >= 11 is 0. The van der Waals surface area contributed by atoms with Crippen LogP contribution in [0.1, 0.15) is 20.3 Å². The molecule has 2 heterocycles. The van der Waals surface area contributed by atoms with Crippen LogP contribution in [-0.2, 0) is 14.3 Å². The highest BCUT2D eigenvalue weighted by Crippen LogP contribution is 2.39. The molecule has 1 aliphatic carbocycles. The van der Waals surface area contributed by atoms with Gasteiger partial charge in [-0.15, -0.1) is 0 Å². The molecule has 3 fully saturated rings. The largest absolute Gasteiger partial charge is 0.378 e. The number of hydrogen-bond donors (Lipinski definition) is 0. The van der Waals surface area contributed by atoms with Crippen LogP contribution >= 0.6 is 0 Å². The summed E-state index contributed by atoms with van der Waals surface area (Å²) in [6.07, 6.45) is 1.05. The molecule has 124 valence electrons. The lowest BCUT2D eigenvalue weighted by molar-refractivity contribution is -0.142. The lowest BCUT2D eigenvalue weighted by Gasteiger charge is -2.39. The third-order valence-electron chi connectivity index (χ3n) is 5.28. The topological polar surface area (TPSA) is 53.1 Å². The molecule has 0 unspecified atom stereocenters. The van der Waals surface area contributed by atoms with Gasteiger partial charge in [0.1, 0.15) is 0 Å². The SMILES string of the molecule is C[C@@H]1C[C@H]1C(=O)N1CCN([C@@H](C)C(=O)N2CCOCC2)CC1. The Labute approximate surface area is 132 Å². The van der Waals surface area contributed by atoms with Gasteiger partial charge < -0.3 is 14.5 Å². The number of piperazine rings is 1. The molecule has 0 aromatic rings. The average molecular weight is 309 g/mol. The van der Waals surface area contributed by atoms with Crippen LogP contribution in [0.4, 0.5) is 0 Å². The smallest absolute Gasteiger partial charge is 0.239 e. The van der Waals surface area contributed by atoms with E-state index in [9.17, 15) is 9.59 Å². The van der Waals surface area contributed by atoms with E-state index in [2.05, 4.69) is 11.8 Å². The monoisotopic (exact) mass is 309 g/mol. The van der Waals surface area contributed by atoms with E-state index in [0.717, 1.165) is 32.6 Å². The van der Waals surface area contributed by atoms with Gasteiger partial charge >= 0.3 is 0 Å². The number of nitrogens with zero attached hydrogens (tertiary/aromatic N) is 3. The number of carbonyl (C=O) groups is 2. The van der Waals surface area contributed by atoms with E-state index in [1.165, 1.54) is 0 Å². The van der Waals surface area contributed by atoms with Crippen molar-refractivity contribution in [2.24, 2.45) is 11.8 Å². The Hall–Kier alpha value is -1.14. The third-order valence-corrected chi connectivity index (χ3v) is 5.28. The van der Waals surface area contributed by atoms with Crippen molar-refractivity contribution in [1.82, 2.24) is 14.7 Å². The molecule has 3 rings (SSSR count). The van der Waals surface area contributed by atoms with Crippen molar-refractivity contribution in [2.75, 3.05) is 52.5 Å². The number of amides is 2. The molecule has 3 atom stereocenters. The molecule has 0 N–H and O–H groups in total. The number of carbonyl (C=O) groups excluding carboxylic acids is 2. The van der Waals surface area contributed by atoms with Crippen LogP contribution < -0.4 is 0 Å². The number of ether oxygens (including phenoxy) is 1. The summed E-state index contributed by atoms with van der Waals surface area (Å²) in [5.41, 5.74) is 0. The maximum atomic E-state index is 12.5. The van der Waals surface area contributed by atoms with E-state index in [4.69, 9.17) is 4.74 Å². The first-order valence-electron chi connectivity index (χ1n) is 8.47. The zero-order chi connectivity index (χ0) is 15.7. The highest BCUT2D eigenvalue weighted by atomic mass is 16.5. The van der Waals surface area contributed by atoms with Crippen LogP contribution in [0.15, 0.2) is 0 Å². The summed E-state index contributed by atoms with van der Waals surface area (Å²) in [5, 5.41) is 0. The van der Waals surface area contributed by atoms with Crippen molar-refractivity contribution in [3.05, 3.63) is 0 Å². The van der Waals surface area contributed by atoms with E-state index in [1.807, 2.05) is 16.7 Å². The predicted molar refractivity (Wildman–Crippen MR) is 82.3 cm³/mol. The van der Waals surface area contributed by atoms with Gasteiger partial charge in [0.05, 0.1) is 19.3 Å². The van der Waals surface area contributed by atoms with Crippen LogP contribution in [0, 0.1) is 11.8 Å². The van der Waals surface area contributed by atoms with Crippen molar-refractivity contribution < 1.29 is 14.3 Å². The predicted octanol–water partition coefficient (Wildman–Crippen LogP) is 0.0339. The van der Waals surface area contributed by atoms with Crippen molar-refractivity contribution in [1.29, 1.82) is 0 Å². The minimum absolute atomic E-state index is 0.102. The van der Waals surface area contributed by atoms with Gasteiger partial charge in [-0.3, -0.25) is 14.5 Å². The molecule has 6 heteroatoms. The highest BCUT2D eigenvalue weighted by Gasteiger charge is 2.42. The molecule has 0 aromatic carbocycles. The molecular weight excluding hydrogens is 282 g/mol. The van der Waals surface area contributed by atoms with Gasteiger partial charge in [0.25, 0.3) is 0 Å². The fourth-order valence-corrected chi connectivity index (χ4v) is 3.43. The van der Waals surface area contributed by atoms with Gasteiger partial charge in [-0.1, -0.05) is 6.92 Å². The maximum absolute atomic E-state index is 12.5. The average Bonchev–Trinajstić information content (AvgIpc) is 3.30. The molecule has 2 aliphatic heterocycles. The molecule has 0 aromatic heterocycles. The quantitative estimate of drug-likeness (QED) is 0.738. The number of rotatable bonds is 3. The van der Waals surface area contributed by atoms with E-state index in [1.54, 1.807) is 0 Å². The fraction of sp³-hybridized carbons (Fsp3) is 0.875. The summed E-state index contributed by atoms with van der Waals surface area (Å²) < 4.78 is 5.30. The van der Waals surface area contributed by atoms with Crippen LogP contribution in [0.2, 0.25) is 0 Å². The lowest BCUT2D eigenvalue weighted by atomic mass is 10.2.